The molecule has 1 heterocycles. The van der Waals surface area contributed by atoms with Crippen LogP contribution in [0.1, 0.15) is 31.2 Å². The fourth-order valence-electron chi connectivity index (χ4n) is 2.04. The van der Waals surface area contributed by atoms with Crippen molar-refractivity contribution in [3.05, 3.63) is 23.8 Å². The monoisotopic (exact) mass is 316 g/mol. The van der Waals surface area contributed by atoms with Crippen LogP contribution < -0.4 is 15.6 Å². The van der Waals surface area contributed by atoms with Crippen LogP contribution in [0.4, 0.5) is 5.69 Å². The molecule has 1 aliphatic heterocycles. The molecular weight excluding hydrogens is 295 g/mol. The number of hydrogen-bond acceptors (Lipinski definition) is 6. The Morgan fingerprint density at radius 1 is 1.33 bits per heavy atom. The molecule has 1 aromatic carbocycles. The fourth-order valence-corrected chi connectivity index (χ4v) is 2.93. The zero-order valence-electron chi connectivity index (χ0n) is 11.7. The number of hydrogen-bond donors (Lipinski definition) is 4. The minimum atomic E-state index is -4.01. The number of carbonyl (C=O) groups is 1. The number of carbonyl (C=O) groups excluding carboxylic acids is 1. The normalized spacial score (nSPS) is 17.5. The van der Waals surface area contributed by atoms with Crippen LogP contribution in [0.25, 0.3) is 0 Å². The van der Waals surface area contributed by atoms with Crippen LogP contribution in [0.3, 0.4) is 0 Å². The Kier molecular flexibility index (Phi) is 5.50. The molecule has 1 aliphatic rings. The molecule has 0 radical (unpaired) electrons. The number of nitrogens with two attached hydrogens (primary N) is 1. The van der Waals surface area contributed by atoms with E-state index in [4.69, 9.17) is 14.8 Å². The number of benzene rings is 1. The molecule has 0 aliphatic carbocycles. The van der Waals surface area contributed by atoms with Crippen molar-refractivity contribution < 1.29 is 23.6 Å². The van der Waals surface area contributed by atoms with Gasteiger partial charge in [-0.2, -0.15) is 0 Å². The van der Waals surface area contributed by atoms with E-state index >= 15 is 0 Å². The number of nitrogens with one attached hydrogen (secondary N) is 1. The average Bonchev–Trinajstić information content (AvgIpc) is 2.43. The van der Waals surface area contributed by atoms with Gasteiger partial charge in [-0.05, 0) is 0 Å². The summed E-state index contributed by atoms with van der Waals surface area (Å²) >= 11 is 0. The second-order valence-corrected chi connectivity index (χ2v) is 6.50. The Morgan fingerprint density at radius 2 is 2.14 bits per heavy atom. The molecular formula is C13H21N2O5P. The topological polar surface area (TPSA) is 114 Å². The van der Waals surface area contributed by atoms with Crippen molar-refractivity contribution in [2.45, 2.75) is 32.3 Å². The first-order valence-electron chi connectivity index (χ1n) is 6.91. The molecule has 0 aromatic heterocycles. The van der Waals surface area contributed by atoms with Gasteiger partial charge in [-0.15, -0.1) is 0 Å². The minimum absolute atomic E-state index is 0.0504. The first-order chi connectivity index (χ1) is 10.00. The summed E-state index contributed by atoms with van der Waals surface area (Å²) in [5, 5.41) is 2.79. The number of fused-ring (bicyclic) bond motifs is 1. The van der Waals surface area contributed by atoms with Crippen LogP contribution in [0.15, 0.2) is 18.2 Å². The van der Waals surface area contributed by atoms with Gasteiger partial charge in [-0.3, -0.25) is 0 Å². The molecule has 5 N–H and O–H groups in total. The maximum atomic E-state index is 11.8. The van der Waals surface area contributed by atoms with E-state index in [0.29, 0.717) is 30.0 Å². The quantitative estimate of drug-likeness (QED) is 0.466. The van der Waals surface area contributed by atoms with Crippen molar-refractivity contribution in [2.24, 2.45) is 5.73 Å². The van der Waals surface area contributed by atoms with E-state index in [9.17, 15) is 14.6 Å². The second-order valence-electron chi connectivity index (χ2n) is 4.91. The Balaban J connectivity index is 1.89. The van der Waals surface area contributed by atoms with Gasteiger partial charge in [-0.1, -0.05) is 0 Å². The summed E-state index contributed by atoms with van der Waals surface area (Å²) in [7, 11) is -4.01. The third kappa shape index (κ3) is 4.91. The summed E-state index contributed by atoms with van der Waals surface area (Å²) in [6.07, 6.45) is 3.13. The number of unbranched alkanes of at least 4 members (excludes halogenated alkanes) is 2. The molecule has 0 unspecified atom stereocenters. The second kappa shape index (κ2) is 7.15. The molecule has 118 valence electrons. The molecule has 0 saturated heterocycles. The van der Waals surface area contributed by atoms with Crippen molar-refractivity contribution >= 4 is 19.8 Å². The van der Waals surface area contributed by atoms with E-state index in [2.05, 4.69) is 5.32 Å². The van der Waals surface area contributed by atoms with Crippen molar-refractivity contribution in [1.82, 2.24) is 0 Å². The molecule has 7 nitrogen and oxygen atoms in total. The van der Waals surface area contributed by atoms with Crippen molar-refractivity contribution in [3.63, 3.8) is 0 Å². The number of amides is 1. The van der Waals surface area contributed by atoms with E-state index in [0.717, 1.165) is 19.3 Å². The predicted octanol–water partition coefficient (Wildman–Crippen LogP) is 1.45. The van der Waals surface area contributed by atoms with Gasteiger partial charge in [0.15, 0.2) is 0 Å². The molecule has 0 bridgehead atoms. The molecule has 1 amide bonds. The van der Waals surface area contributed by atoms with Crippen LogP contribution in [0, 0.1) is 0 Å². The SMILES string of the molecule is NCCCCCC(=O)Nc1ccc2c(c1)CO[PH](O)(O)O2. The van der Waals surface area contributed by atoms with Crippen molar-refractivity contribution in [2.75, 3.05) is 11.9 Å². The van der Waals surface area contributed by atoms with Gasteiger partial charge in [-0.25, -0.2) is 0 Å². The molecule has 8 heteroatoms. The van der Waals surface area contributed by atoms with Gasteiger partial charge in [0.05, 0.1) is 0 Å². The third-order valence-electron chi connectivity index (χ3n) is 3.11. The average molecular weight is 316 g/mol. The number of rotatable bonds is 6. The van der Waals surface area contributed by atoms with Crippen molar-refractivity contribution in [3.8, 4) is 5.75 Å². The zero-order chi connectivity index (χ0) is 15.3. The summed E-state index contributed by atoms with van der Waals surface area (Å²) in [6.45, 7) is 0.696. The Bertz CT molecular complexity index is 509. The molecule has 0 fully saturated rings. The van der Waals surface area contributed by atoms with E-state index in [1.807, 2.05) is 0 Å². The first-order valence-corrected chi connectivity index (χ1v) is 8.62. The van der Waals surface area contributed by atoms with Crippen LogP contribution in [-0.2, 0) is 15.9 Å². The summed E-state index contributed by atoms with van der Waals surface area (Å²) in [4.78, 5) is 30.5. The molecule has 21 heavy (non-hydrogen) atoms. The first kappa shape index (κ1) is 16.1. The number of anilines is 1. The molecule has 0 saturated carbocycles. The molecule has 2 rings (SSSR count). The van der Waals surface area contributed by atoms with Gasteiger partial charge in [0.25, 0.3) is 0 Å². The zero-order valence-corrected chi connectivity index (χ0v) is 12.7. The van der Waals surface area contributed by atoms with E-state index in [-0.39, 0.29) is 12.5 Å². The maximum absolute atomic E-state index is 11.8. The predicted molar refractivity (Wildman–Crippen MR) is 80.8 cm³/mol. The van der Waals surface area contributed by atoms with Gasteiger partial charge in [0.2, 0.25) is 0 Å². The van der Waals surface area contributed by atoms with Crippen LogP contribution >= 0.6 is 8.17 Å². The van der Waals surface area contributed by atoms with Gasteiger partial charge >= 0.3 is 117 Å². The van der Waals surface area contributed by atoms with Crippen molar-refractivity contribution in [1.29, 1.82) is 0 Å². The fraction of sp³-hybridized carbons (Fsp3) is 0.462. The summed E-state index contributed by atoms with van der Waals surface area (Å²) in [5.41, 5.74) is 6.70. The molecule has 1 aromatic rings. The Hall–Kier alpha value is -1.24. The van der Waals surface area contributed by atoms with Gasteiger partial charge < -0.3 is 5.73 Å². The summed E-state index contributed by atoms with van der Waals surface area (Å²) < 4.78 is 9.82. The van der Waals surface area contributed by atoms with Crippen LogP contribution in [-0.4, -0.2) is 22.2 Å². The standard InChI is InChI=1S/C13H21N2O5P/c14-7-3-1-2-4-13(16)15-11-5-6-12-10(8-11)9-19-21(17,18)20-12/h5-6,8,17-18,21H,1-4,7,9,14H2,(H,15,16). The third-order valence-corrected chi connectivity index (χ3v) is 4.12. The van der Waals surface area contributed by atoms with Crippen LogP contribution in [0.2, 0.25) is 0 Å². The molecule has 0 spiro atoms. The Labute approximate surface area is 123 Å². The molecule has 0 atom stereocenters. The van der Waals surface area contributed by atoms with E-state index in [1.54, 1.807) is 18.2 Å². The van der Waals surface area contributed by atoms with Crippen LogP contribution in [0.5, 0.6) is 5.75 Å². The summed E-state index contributed by atoms with van der Waals surface area (Å²) in [5.74, 6) is 0.316. The Morgan fingerprint density at radius 3 is 2.90 bits per heavy atom. The van der Waals surface area contributed by atoms with E-state index in [1.165, 1.54) is 0 Å². The van der Waals surface area contributed by atoms with E-state index < -0.39 is 8.17 Å². The van der Waals surface area contributed by atoms with Gasteiger partial charge in [0, 0.05) is 0 Å². The van der Waals surface area contributed by atoms with Gasteiger partial charge in [0.1, 0.15) is 0 Å². The summed E-state index contributed by atoms with van der Waals surface area (Å²) in [6, 6.07) is 4.96.